The third-order valence-electron chi connectivity index (χ3n) is 2.84. The minimum absolute atomic E-state index is 0.159. The first-order valence-electron chi connectivity index (χ1n) is 6.32. The number of sulfonamides is 1. The third-order valence-corrected chi connectivity index (χ3v) is 4.07. The maximum Gasteiger partial charge on any atom is 0.276 e. The molecule has 0 amide bonds. The second-order valence-electron chi connectivity index (χ2n) is 4.55. The Balaban J connectivity index is 1.96. The van der Waals surface area contributed by atoms with Gasteiger partial charge in [0.2, 0.25) is 0 Å². The standard InChI is InChI=1S/C15H15FN2O2S/c1-12-2-8-15(9-3-12)21(19,20)18-17-11-10-13-4-6-14(16)7-5-13/h2-9,11,18H,10H2,1H3/b17-11+. The van der Waals surface area contributed by atoms with Crippen LogP contribution < -0.4 is 4.83 Å². The van der Waals surface area contributed by atoms with Gasteiger partial charge in [-0.3, -0.25) is 0 Å². The van der Waals surface area contributed by atoms with Gasteiger partial charge in [0.05, 0.1) is 4.90 Å². The average molecular weight is 306 g/mol. The van der Waals surface area contributed by atoms with Crippen LogP contribution in [0.15, 0.2) is 58.5 Å². The number of aryl methyl sites for hydroxylation is 1. The van der Waals surface area contributed by atoms with Crippen molar-refractivity contribution in [2.75, 3.05) is 0 Å². The predicted octanol–water partition coefficient (Wildman–Crippen LogP) is 2.64. The molecule has 0 atom stereocenters. The van der Waals surface area contributed by atoms with Crippen molar-refractivity contribution in [1.82, 2.24) is 4.83 Å². The minimum Gasteiger partial charge on any atom is -0.207 e. The zero-order chi connectivity index (χ0) is 15.3. The molecule has 0 aromatic heterocycles. The van der Waals surface area contributed by atoms with Crippen molar-refractivity contribution in [2.24, 2.45) is 5.10 Å². The molecule has 0 spiro atoms. The Bertz CT molecular complexity index is 723. The van der Waals surface area contributed by atoms with Crippen LogP contribution in [0.4, 0.5) is 4.39 Å². The van der Waals surface area contributed by atoms with Gasteiger partial charge in [0.15, 0.2) is 0 Å². The normalized spacial score (nSPS) is 11.7. The molecule has 2 aromatic carbocycles. The topological polar surface area (TPSA) is 58.5 Å². The highest BCUT2D eigenvalue weighted by atomic mass is 32.2. The molecule has 0 fully saturated rings. The van der Waals surface area contributed by atoms with Crippen LogP contribution in [0, 0.1) is 12.7 Å². The van der Waals surface area contributed by atoms with Crippen LogP contribution in [0.2, 0.25) is 0 Å². The average Bonchev–Trinajstić information content (AvgIpc) is 2.46. The lowest BCUT2D eigenvalue weighted by Crippen LogP contribution is -2.18. The molecule has 0 heterocycles. The highest BCUT2D eigenvalue weighted by Gasteiger charge is 2.11. The second-order valence-corrected chi connectivity index (χ2v) is 6.21. The fraction of sp³-hybridized carbons (Fsp3) is 0.133. The zero-order valence-corrected chi connectivity index (χ0v) is 12.3. The van der Waals surface area contributed by atoms with E-state index in [-0.39, 0.29) is 10.7 Å². The monoisotopic (exact) mass is 306 g/mol. The Labute approximate surface area is 123 Å². The highest BCUT2D eigenvalue weighted by Crippen LogP contribution is 2.09. The van der Waals surface area contributed by atoms with Crippen LogP contribution in [0.3, 0.4) is 0 Å². The molecular formula is C15H15FN2O2S. The summed E-state index contributed by atoms with van der Waals surface area (Å²) >= 11 is 0. The van der Waals surface area contributed by atoms with Crippen LogP contribution in [0.25, 0.3) is 0 Å². The molecule has 2 aromatic rings. The molecule has 110 valence electrons. The molecule has 0 unspecified atom stereocenters. The van der Waals surface area contributed by atoms with E-state index in [9.17, 15) is 12.8 Å². The summed E-state index contributed by atoms with van der Waals surface area (Å²) in [4.78, 5) is 2.30. The quantitative estimate of drug-likeness (QED) is 0.682. The summed E-state index contributed by atoms with van der Waals surface area (Å²) in [5.74, 6) is -0.309. The van der Waals surface area contributed by atoms with E-state index in [4.69, 9.17) is 0 Å². The first-order valence-corrected chi connectivity index (χ1v) is 7.80. The Morgan fingerprint density at radius 3 is 2.33 bits per heavy atom. The second kappa shape index (κ2) is 6.49. The van der Waals surface area contributed by atoms with Crippen molar-refractivity contribution in [3.05, 3.63) is 65.5 Å². The smallest absolute Gasteiger partial charge is 0.207 e. The first-order chi connectivity index (χ1) is 9.97. The lowest BCUT2D eigenvalue weighted by Gasteiger charge is -2.03. The number of halogens is 1. The summed E-state index contributed by atoms with van der Waals surface area (Å²) in [6.07, 6.45) is 1.84. The molecule has 0 saturated heterocycles. The summed E-state index contributed by atoms with van der Waals surface area (Å²) in [5, 5.41) is 3.70. The predicted molar refractivity (Wildman–Crippen MR) is 80.1 cm³/mol. The molecule has 0 radical (unpaired) electrons. The molecule has 4 nitrogen and oxygen atoms in total. The van der Waals surface area contributed by atoms with Crippen molar-refractivity contribution in [3.8, 4) is 0 Å². The molecule has 21 heavy (non-hydrogen) atoms. The van der Waals surface area contributed by atoms with Gasteiger partial charge >= 0.3 is 0 Å². The Morgan fingerprint density at radius 2 is 1.71 bits per heavy atom. The van der Waals surface area contributed by atoms with Crippen LogP contribution in [-0.4, -0.2) is 14.6 Å². The van der Waals surface area contributed by atoms with Crippen LogP contribution in [0.1, 0.15) is 11.1 Å². The molecule has 0 aliphatic heterocycles. The molecule has 1 N–H and O–H groups in total. The first kappa shape index (κ1) is 15.2. The van der Waals surface area contributed by atoms with Crippen molar-refractivity contribution in [2.45, 2.75) is 18.2 Å². The highest BCUT2D eigenvalue weighted by molar-refractivity contribution is 7.89. The van der Waals surface area contributed by atoms with Crippen LogP contribution in [-0.2, 0) is 16.4 Å². The largest absolute Gasteiger partial charge is 0.276 e. The van der Waals surface area contributed by atoms with Gasteiger partial charge in [-0.15, -0.1) is 0 Å². The van der Waals surface area contributed by atoms with Crippen LogP contribution >= 0.6 is 0 Å². The Kier molecular flexibility index (Phi) is 4.70. The number of hydrogen-bond donors (Lipinski definition) is 1. The van der Waals surface area contributed by atoms with Crippen molar-refractivity contribution in [3.63, 3.8) is 0 Å². The minimum atomic E-state index is -3.65. The van der Waals surface area contributed by atoms with Crippen molar-refractivity contribution in [1.29, 1.82) is 0 Å². The summed E-state index contributed by atoms with van der Waals surface area (Å²) < 4.78 is 36.6. The van der Waals surface area contributed by atoms with E-state index in [0.717, 1.165) is 11.1 Å². The zero-order valence-electron chi connectivity index (χ0n) is 11.5. The van der Waals surface area contributed by atoms with E-state index in [1.54, 1.807) is 24.3 Å². The Morgan fingerprint density at radius 1 is 1.10 bits per heavy atom. The van der Waals surface area contributed by atoms with Crippen LogP contribution in [0.5, 0.6) is 0 Å². The van der Waals surface area contributed by atoms with Gasteiger partial charge in [-0.25, -0.2) is 9.22 Å². The Hall–Kier alpha value is -2.21. The summed E-state index contributed by atoms with van der Waals surface area (Å²) in [6.45, 7) is 1.88. The van der Waals surface area contributed by atoms with Crippen molar-refractivity contribution >= 4 is 16.2 Å². The van der Waals surface area contributed by atoms with Gasteiger partial charge in [0.25, 0.3) is 10.0 Å². The van der Waals surface area contributed by atoms with Gasteiger partial charge in [-0.05, 0) is 36.8 Å². The SMILES string of the molecule is Cc1ccc(S(=O)(=O)N/N=C/Cc2ccc(F)cc2)cc1. The fourth-order valence-corrected chi connectivity index (χ4v) is 2.46. The number of nitrogens with zero attached hydrogens (tertiary/aromatic N) is 1. The molecule has 0 bridgehead atoms. The molecule has 0 saturated carbocycles. The fourth-order valence-electron chi connectivity index (χ4n) is 1.65. The lowest BCUT2D eigenvalue weighted by molar-refractivity contribution is 0.584. The number of hydrogen-bond acceptors (Lipinski definition) is 3. The van der Waals surface area contributed by atoms with E-state index < -0.39 is 10.0 Å². The van der Waals surface area contributed by atoms with E-state index >= 15 is 0 Å². The molecule has 0 aliphatic rings. The van der Waals surface area contributed by atoms with Gasteiger partial charge in [0, 0.05) is 12.6 Å². The lowest BCUT2D eigenvalue weighted by atomic mass is 10.2. The molecule has 6 heteroatoms. The van der Waals surface area contributed by atoms with E-state index in [0.29, 0.717) is 6.42 Å². The summed E-state index contributed by atoms with van der Waals surface area (Å²) in [6, 6.07) is 12.4. The van der Waals surface area contributed by atoms with Gasteiger partial charge in [-0.2, -0.15) is 13.5 Å². The van der Waals surface area contributed by atoms with Crippen molar-refractivity contribution < 1.29 is 12.8 Å². The number of benzene rings is 2. The van der Waals surface area contributed by atoms with E-state index in [1.807, 2.05) is 6.92 Å². The summed E-state index contributed by atoms with van der Waals surface area (Å²) in [7, 11) is -3.65. The maximum absolute atomic E-state index is 12.7. The van der Waals surface area contributed by atoms with Gasteiger partial charge in [-0.1, -0.05) is 29.8 Å². The van der Waals surface area contributed by atoms with Gasteiger partial charge in [0.1, 0.15) is 5.82 Å². The molecule has 0 aliphatic carbocycles. The van der Waals surface area contributed by atoms with E-state index in [2.05, 4.69) is 9.93 Å². The van der Waals surface area contributed by atoms with E-state index in [1.165, 1.54) is 30.5 Å². The number of rotatable bonds is 5. The third kappa shape index (κ3) is 4.39. The number of nitrogens with one attached hydrogen (secondary N) is 1. The number of hydrazone groups is 1. The molecular weight excluding hydrogens is 291 g/mol. The maximum atomic E-state index is 12.7. The summed E-state index contributed by atoms with van der Waals surface area (Å²) in [5.41, 5.74) is 1.82. The van der Waals surface area contributed by atoms with Gasteiger partial charge < -0.3 is 0 Å². The molecule has 2 rings (SSSR count).